The van der Waals surface area contributed by atoms with Crippen LogP contribution < -0.4 is 5.32 Å². The molecule has 0 saturated heterocycles. The maximum Gasteiger partial charge on any atom is 0.322 e. The number of aromatic nitrogens is 1. The van der Waals surface area contributed by atoms with Gasteiger partial charge in [0.25, 0.3) is 0 Å². The second kappa shape index (κ2) is 5.31. The molecular weight excluding hydrogens is 236 g/mol. The lowest BCUT2D eigenvalue weighted by atomic mass is 10.3. The number of benzene rings is 1. The highest BCUT2D eigenvalue weighted by Crippen LogP contribution is 2.15. The number of nitrogens with zero attached hydrogens (tertiary/aromatic N) is 1. The number of rotatable bonds is 5. The highest BCUT2D eigenvalue weighted by Gasteiger charge is 2.08. The van der Waals surface area contributed by atoms with E-state index in [1.165, 1.54) is 0 Å². The van der Waals surface area contributed by atoms with E-state index in [1.54, 1.807) is 6.07 Å². The van der Waals surface area contributed by atoms with Crippen LogP contribution in [0, 0.1) is 0 Å². The Morgan fingerprint density at radius 1 is 1.33 bits per heavy atom. The monoisotopic (exact) mass is 248 g/mol. The number of para-hydroxylation sites is 2. The van der Waals surface area contributed by atoms with Gasteiger partial charge < -0.3 is 14.8 Å². The third-order valence-corrected chi connectivity index (χ3v) is 2.34. The molecule has 6 nitrogen and oxygen atoms in total. The number of fused-ring (bicyclic) bond motifs is 1. The molecule has 0 aliphatic carbocycles. The van der Waals surface area contributed by atoms with Crippen molar-refractivity contribution in [3.05, 3.63) is 30.2 Å². The van der Waals surface area contributed by atoms with Crippen LogP contribution in [0.2, 0.25) is 0 Å². The minimum atomic E-state index is -1.06. The Morgan fingerprint density at radius 3 is 2.83 bits per heavy atom. The second-order valence-corrected chi connectivity index (χ2v) is 3.75. The molecule has 1 heterocycles. The Morgan fingerprint density at radius 2 is 2.11 bits per heavy atom. The van der Waals surface area contributed by atoms with Gasteiger partial charge in [-0.3, -0.25) is 9.59 Å². The number of carbonyl (C=O) groups excluding carboxylic acids is 1. The Hall–Kier alpha value is -2.37. The summed E-state index contributed by atoms with van der Waals surface area (Å²) in [4.78, 5) is 25.8. The number of carbonyl (C=O) groups is 2. The lowest BCUT2D eigenvalue weighted by Gasteiger charge is -1.99. The van der Waals surface area contributed by atoms with E-state index in [1.807, 2.05) is 18.2 Å². The average Bonchev–Trinajstić information content (AvgIpc) is 2.76. The fraction of sp³-hybridized carbons (Fsp3) is 0.250. The molecule has 2 aromatic rings. The number of oxazole rings is 1. The van der Waals surface area contributed by atoms with Crippen LogP contribution in [0.5, 0.6) is 0 Å². The molecule has 1 aromatic carbocycles. The van der Waals surface area contributed by atoms with Gasteiger partial charge in [-0.15, -0.1) is 0 Å². The maximum absolute atomic E-state index is 11.3. The second-order valence-electron chi connectivity index (χ2n) is 3.75. The van der Waals surface area contributed by atoms with E-state index < -0.39 is 5.97 Å². The van der Waals surface area contributed by atoms with E-state index >= 15 is 0 Å². The number of hydrogen-bond donors (Lipinski definition) is 2. The number of hydrogen-bond acceptors (Lipinski definition) is 4. The van der Waals surface area contributed by atoms with Crippen LogP contribution in [0.4, 0.5) is 0 Å². The molecule has 0 unspecified atom stereocenters. The van der Waals surface area contributed by atoms with Gasteiger partial charge in [0.2, 0.25) is 5.91 Å². The number of aliphatic carboxylic acids is 1. The fourth-order valence-corrected chi connectivity index (χ4v) is 1.51. The maximum atomic E-state index is 11.3. The van der Waals surface area contributed by atoms with Crippen molar-refractivity contribution in [3.8, 4) is 0 Å². The van der Waals surface area contributed by atoms with Crippen molar-refractivity contribution < 1.29 is 19.1 Å². The summed E-state index contributed by atoms with van der Waals surface area (Å²) in [6.07, 6.45) is 0.500. The summed E-state index contributed by atoms with van der Waals surface area (Å²) < 4.78 is 5.44. The van der Waals surface area contributed by atoms with Gasteiger partial charge in [-0.1, -0.05) is 12.1 Å². The molecule has 0 saturated carbocycles. The molecule has 94 valence electrons. The van der Waals surface area contributed by atoms with Crippen molar-refractivity contribution >= 4 is 23.0 Å². The molecule has 0 atom stereocenters. The van der Waals surface area contributed by atoms with Crippen LogP contribution in [0.25, 0.3) is 11.1 Å². The van der Waals surface area contributed by atoms with Crippen molar-refractivity contribution in [2.45, 2.75) is 12.8 Å². The summed E-state index contributed by atoms with van der Waals surface area (Å²) in [7, 11) is 0. The van der Waals surface area contributed by atoms with Crippen molar-refractivity contribution in [2.24, 2.45) is 0 Å². The van der Waals surface area contributed by atoms with Crippen molar-refractivity contribution in [1.82, 2.24) is 10.3 Å². The van der Waals surface area contributed by atoms with Crippen LogP contribution in [-0.4, -0.2) is 28.5 Å². The van der Waals surface area contributed by atoms with E-state index in [0.29, 0.717) is 17.9 Å². The molecule has 0 aliphatic heterocycles. The largest absolute Gasteiger partial charge is 0.480 e. The molecule has 0 spiro atoms. The molecule has 0 radical (unpaired) electrons. The van der Waals surface area contributed by atoms with Crippen LogP contribution >= 0.6 is 0 Å². The minimum absolute atomic E-state index is 0.153. The van der Waals surface area contributed by atoms with Gasteiger partial charge in [-0.25, -0.2) is 4.98 Å². The predicted molar refractivity (Wildman–Crippen MR) is 63.0 cm³/mol. The highest BCUT2D eigenvalue weighted by molar-refractivity contribution is 5.81. The average molecular weight is 248 g/mol. The van der Waals surface area contributed by atoms with E-state index in [0.717, 1.165) is 5.52 Å². The molecule has 18 heavy (non-hydrogen) atoms. The third-order valence-electron chi connectivity index (χ3n) is 2.34. The van der Waals surface area contributed by atoms with Gasteiger partial charge in [0.1, 0.15) is 12.1 Å². The van der Waals surface area contributed by atoms with E-state index in [-0.39, 0.29) is 18.9 Å². The van der Waals surface area contributed by atoms with Gasteiger partial charge >= 0.3 is 5.97 Å². The normalized spacial score (nSPS) is 10.4. The molecule has 6 heteroatoms. The topological polar surface area (TPSA) is 92.4 Å². The zero-order chi connectivity index (χ0) is 13.0. The van der Waals surface area contributed by atoms with Gasteiger partial charge in [-0.05, 0) is 12.1 Å². The Labute approximate surface area is 103 Å². The fourth-order valence-electron chi connectivity index (χ4n) is 1.51. The van der Waals surface area contributed by atoms with Crippen molar-refractivity contribution in [1.29, 1.82) is 0 Å². The first-order chi connectivity index (χ1) is 8.65. The summed E-state index contributed by atoms with van der Waals surface area (Å²) in [6, 6.07) is 7.33. The van der Waals surface area contributed by atoms with E-state index in [9.17, 15) is 9.59 Å². The van der Waals surface area contributed by atoms with E-state index in [4.69, 9.17) is 9.52 Å². The predicted octanol–water partition coefficient (Wildman–Crippen LogP) is 0.961. The van der Waals surface area contributed by atoms with Crippen LogP contribution in [0.3, 0.4) is 0 Å². The Bertz CT molecular complexity index is 543. The first-order valence-electron chi connectivity index (χ1n) is 5.48. The van der Waals surface area contributed by atoms with E-state index in [2.05, 4.69) is 10.3 Å². The number of aryl methyl sites for hydroxylation is 1. The Balaban J connectivity index is 1.90. The first kappa shape index (κ1) is 12.1. The summed E-state index contributed by atoms with van der Waals surface area (Å²) in [5.74, 6) is -0.924. The summed E-state index contributed by atoms with van der Waals surface area (Å²) in [5, 5.41) is 10.7. The van der Waals surface area contributed by atoms with Crippen LogP contribution in [0.15, 0.2) is 28.7 Å². The molecule has 0 bridgehead atoms. The lowest BCUT2D eigenvalue weighted by molar-refractivity contribution is -0.137. The molecule has 1 amide bonds. The van der Waals surface area contributed by atoms with Crippen LogP contribution in [0.1, 0.15) is 12.3 Å². The highest BCUT2D eigenvalue weighted by atomic mass is 16.4. The number of carboxylic acid groups (broad SMARTS) is 1. The summed E-state index contributed by atoms with van der Waals surface area (Å²) in [6.45, 7) is -0.369. The van der Waals surface area contributed by atoms with Crippen molar-refractivity contribution in [2.75, 3.05) is 6.54 Å². The SMILES string of the molecule is O=C(O)CNC(=O)CCc1nc2ccccc2o1. The first-order valence-corrected chi connectivity index (χ1v) is 5.48. The quantitative estimate of drug-likeness (QED) is 0.822. The minimum Gasteiger partial charge on any atom is -0.480 e. The molecule has 1 aromatic heterocycles. The standard InChI is InChI=1S/C12H12N2O4/c15-10(13-7-12(16)17)5-6-11-14-8-3-1-2-4-9(8)18-11/h1-4H,5-7H2,(H,13,15)(H,16,17). The zero-order valence-electron chi connectivity index (χ0n) is 9.55. The summed E-state index contributed by atoms with van der Waals surface area (Å²) >= 11 is 0. The van der Waals surface area contributed by atoms with Gasteiger partial charge in [-0.2, -0.15) is 0 Å². The molecule has 2 rings (SSSR count). The number of carboxylic acids is 1. The van der Waals surface area contributed by atoms with Crippen molar-refractivity contribution in [3.63, 3.8) is 0 Å². The summed E-state index contributed by atoms with van der Waals surface area (Å²) in [5.41, 5.74) is 1.43. The molecule has 2 N–H and O–H groups in total. The van der Waals surface area contributed by atoms with Gasteiger partial charge in [0, 0.05) is 12.8 Å². The number of nitrogens with one attached hydrogen (secondary N) is 1. The molecule has 0 aliphatic rings. The smallest absolute Gasteiger partial charge is 0.322 e. The number of amides is 1. The molecular formula is C12H12N2O4. The Kier molecular flexibility index (Phi) is 3.57. The van der Waals surface area contributed by atoms with Gasteiger partial charge in [0.15, 0.2) is 11.5 Å². The zero-order valence-corrected chi connectivity index (χ0v) is 9.55. The van der Waals surface area contributed by atoms with Crippen LogP contribution in [-0.2, 0) is 16.0 Å². The third kappa shape index (κ3) is 3.07. The lowest BCUT2D eigenvalue weighted by Crippen LogP contribution is -2.29. The molecule has 0 fully saturated rings. The van der Waals surface area contributed by atoms with Gasteiger partial charge in [0.05, 0.1) is 0 Å².